The molecular formula is C14H22ClN3O3. The number of morpholine rings is 1. The van der Waals surface area contributed by atoms with Crippen LogP contribution in [0, 0.1) is 0 Å². The van der Waals surface area contributed by atoms with Crippen molar-refractivity contribution in [2.24, 2.45) is 0 Å². The second-order valence-electron chi connectivity index (χ2n) is 5.37. The van der Waals surface area contributed by atoms with Crippen molar-refractivity contribution in [1.29, 1.82) is 0 Å². The number of nitrogens with zero attached hydrogens (tertiary/aromatic N) is 3. The number of halogens is 1. The van der Waals surface area contributed by atoms with Gasteiger partial charge in [0.2, 0.25) is 5.78 Å². The van der Waals surface area contributed by atoms with Gasteiger partial charge in [-0.3, -0.25) is 14.4 Å². The molecule has 0 amide bonds. The predicted octanol–water partition coefficient (Wildman–Crippen LogP) is 1.47. The summed E-state index contributed by atoms with van der Waals surface area (Å²) in [4.78, 5) is 14.9. The summed E-state index contributed by atoms with van der Waals surface area (Å²) in [5.41, 5.74) is 0.407. The summed E-state index contributed by atoms with van der Waals surface area (Å²) >= 11 is 6.12. The predicted molar refractivity (Wildman–Crippen MR) is 79.9 cm³/mol. The monoisotopic (exact) mass is 315 g/mol. The van der Waals surface area contributed by atoms with Gasteiger partial charge in [-0.25, -0.2) is 0 Å². The van der Waals surface area contributed by atoms with Crippen LogP contribution < -0.4 is 0 Å². The number of methoxy groups -OCH3 is 1. The molecule has 1 aromatic rings. The molecule has 0 radical (unpaired) electrons. The molecule has 1 aromatic heterocycles. The minimum atomic E-state index is -0.489. The second-order valence-corrected chi connectivity index (χ2v) is 5.78. The standard InChI is InChI=1S/C14H22ClN3O3/c1-10(2)17-4-7-21-12(9-17)14(19)13-11(15)8-16-18(13)5-6-20-3/h8,10,12H,4-7,9H2,1-3H3. The van der Waals surface area contributed by atoms with E-state index in [1.807, 2.05) is 0 Å². The lowest BCUT2D eigenvalue weighted by molar-refractivity contribution is -0.0261. The van der Waals surface area contributed by atoms with E-state index in [4.69, 9.17) is 21.1 Å². The van der Waals surface area contributed by atoms with E-state index >= 15 is 0 Å². The Hall–Kier alpha value is -0.950. The quantitative estimate of drug-likeness (QED) is 0.744. The maximum Gasteiger partial charge on any atom is 0.212 e. The van der Waals surface area contributed by atoms with Crippen molar-refractivity contribution in [2.45, 2.75) is 32.5 Å². The Bertz CT molecular complexity index is 490. The van der Waals surface area contributed by atoms with E-state index in [9.17, 15) is 4.79 Å². The van der Waals surface area contributed by atoms with Gasteiger partial charge >= 0.3 is 0 Å². The van der Waals surface area contributed by atoms with E-state index in [2.05, 4.69) is 23.8 Å². The van der Waals surface area contributed by atoms with Crippen molar-refractivity contribution >= 4 is 17.4 Å². The Morgan fingerprint density at radius 3 is 3.05 bits per heavy atom. The molecule has 0 spiro atoms. The van der Waals surface area contributed by atoms with E-state index in [0.29, 0.717) is 43.1 Å². The van der Waals surface area contributed by atoms with Crippen LogP contribution in [0.3, 0.4) is 0 Å². The molecule has 1 aliphatic rings. The van der Waals surface area contributed by atoms with Crippen LogP contribution in [0.5, 0.6) is 0 Å². The van der Waals surface area contributed by atoms with Crippen LogP contribution in [-0.2, 0) is 16.0 Å². The van der Waals surface area contributed by atoms with Crippen molar-refractivity contribution in [1.82, 2.24) is 14.7 Å². The number of ether oxygens (including phenoxy) is 2. The molecular weight excluding hydrogens is 294 g/mol. The normalized spacial score (nSPS) is 20.1. The van der Waals surface area contributed by atoms with E-state index in [0.717, 1.165) is 6.54 Å². The lowest BCUT2D eigenvalue weighted by atomic mass is 10.1. The highest BCUT2D eigenvalue weighted by atomic mass is 35.5. The highest BCUT2D eigenvalue weighted by Gasteiger charge is 2.31. The summed E-state index contributed by atoms with van der Waals surface area (Å²) in [5.74, 6) is -0.112. The number of rotatable bonds is 6. The summed E-state index contributed by atoms with van der Waals surface area (Å²) in [7, 11) is 1.61. The van der Waals surface area contributed by atoms with Crippen molar-refractivity contribution in [3.05, 3.63) is 16.9 Å². The number of hydrogen-bond acceptors (Lipinski definition) is 5. The van der Waals surface area contributed by atoms with Gasteiger partial charge in [0.25, 0.3) is 0 Å². The molecule has 0 saturated carbocycles. The molecule has 0 aromatic carbocycles. The summed E-state index contributed by atoms with van der Waals surface area (Å²) in [5, 5.41) is 4.50. The molecule has 1 aliphatic heterocycles. The summed E-state index contributed by atoms with van der Waals surface area (Å²) in [6, 6.07) is 0.387. The number of carbonyl (C=O) groups is 1. The highest BCUT2D eigenvalue weighted by molar-refractivity contribution is 6.33. The third kappa shape index (κ3) is 3.83. The van der Waals surface area contributed by atoms with Crippen LogP contribution in [-0.4, -0.2) is 66.0 Å². The molecule has 0 N–H and O–H groups in total. The van der Waals surface area contributed by atoms with Crippen LogP contribution >= 0.6 is 11.6 Å². The molecule has 0 bridgehead atoms. The molecule has 1 atom stereocenters. The van der Waals surface area contributed by atoms with Gasteiger partial charge in [0, 0.05) is 26.2 Å². The van der Waals surface area contributed by atoms with E-state index in [1.165, 1.54) is 6.20 Å². The van der Waals surface area contributed by atoms with Crippen LogP contribution in [0.4, 0.5) is 0 Å². The Kier molecular flexibility index (Phi) is 5.75. The average molecular weight is 316 g/mol. The molecule has 1 fully saturated rings. The van der Waals surface area contributed by atoms with Gasteiger partial charge in [-0.05, 0) is 13.8 Å². The fourth-order valence-electron chi connectivity index (χ4n) is 2.40. The zero-order valence-electron chi connectivity index (χ0n) is 12.7. The lowest BCUT2D eigenvalue weighted by Gasteiger charge is -2.34. The van der Waals surface area contributed by atoms with Gasteiger partial charge in [-0.15, -0.1) is 0 Å². The zero-order valence-corrected chi connectivity index (χ0v) is 13.5. The first-order valence-corrected chi connectivity index (χ1v) is 7.52. The summed E-state index contributed by atoms with van der Waals surface area (Å²) in [6.45, 7) is 7.18. The molecule has 2 heterocycles. The Morgan fingerprint density at radius 2 is 2.38 bits per heavy atom. The van der Waals surface area contributed by atoms with Gasteiger partial charge in [0.05, 0.1) is 31.0 Å². The van der Waals surface area contributed by atoms with Crippen LogP contribution in [0.2, 0.25) is 5.02 Å². The van der Waals surface area contributed by atoms with Gasteiger partial charge < -0.3 is 9.47 Å². The first-order valence-electron chi connectivity index (χ1n) is 7.14. The topological polar surface area (TPSA) is 56.6 Å². The van der Waals surface area contributed by atoms with Gasteiger partial charge in [-0.1, -0.05) is 11.6 Å². The van der Waals surface area contributed by atoms with Crippen LogP contribution in [0.1, 0.15) is 24.3 Å². The Balaban J connectivity index is 2.14. The fourth-order valence-corrected chi connectivity index (χ4v) is 2.64. The third-order valence-electron chi connectivity index (χ3n) is 3.66. The van der Waals surface area contributed by atoms with Crippen molar-refractivity contribution in [2.75, 3.05) is 33.4 Å². The number of carbonyl (C=O) groups excluding carboxylic acids is 1. The van der Waals surface area contributed by atoms with Crippen molar-refractivity contribution < 1.29 is 14.3 Å². The van der Waals surface area contributed by atoms with Gasteiger partial charge in [0.1, 0.15) is 11.8 Å². The molecule has 1 unspecified atom stereocenters. The minimum Gasteiger partial charge on any atom is -0.383 e. The van der Waals surface area contributed by atoms with E-state index in [-0.39, 0.29) is 5.78 Å². The van der Waals surface area contributed by atoms with E-state index < -0.39 is 6.10 Å². The Morgan fingerprint density at radius 1 is 1.62 bits per heavy atom. The van der Waals surface area contributed by atoms with Crippen LogP contribution in [0.15, 0.2) is 6.20 Å². The average Bonchev–Trinajstić information content (AvgIpc) is 2.85. The first-order chi connectivity index (χ1) is 10.0. The zero-order chi connectivity index (χ0) is 15.4. The third-order valence-corrected chi connectivity index (χ3v) is 3.93. The summed E-state index contributed by atoms with van der Waals surface area (Å²) < 4.78 is 12.3. The molecule has 7 heteroatoms. The van der Waals surface area contributed by atoms with Crippen molar-refractivity contribution in [3.63, 3.8) is 0 Å². The van der Waals surface area contributed by atoms with E-state index in [1.54, 1.807) is 11.8 Å². The highest BCUT2D eigenvalue weighted by Crippen LogP contribution is 2.20. The first kappa shape index (κ1) is 16.4. The second kappa shape index (κ2) is 7.35. The maximum absolute atomic E-state index is 12.7. The maximum atomic E-state index is 12.7. The molecule has 0 aliphatic carbocycles. The molecule has 118 valence electrons. The number of Topliss-reactive ketones (excluding diaryl/α,β-unsaturated/α-hetero) is 1. The molecule has 1 saturated heterocycles. The summed E-state index contributed by atoms with van der Waals surface area (Å²) in [6.07, 6.45) is 1.00. The smallest absolute Gasteiger partial charge is 0.212 e. The van der Waals surface area contributed by atoms with Gasteiger partial charge in [0.15, 0.2) is 0 Å². The van der Waals surface area contributed by atoms with Crippen molar-refractivity contribution in [3.8, 4) is 0 Å². The molecule has 6 nitrogen and oxygen atoms in total. The van der Waals surface area contributed by atoms with Gasteiger partial charge in [-0.2, -0.15) is 5.10 Å². The number of aromatic nitrogens is 2. The largest absolute Gasteiger partial charge is 0.383 e. The number of hydrogen-bond donors (Lipinski definition) is 0. The number of ketones is 1. The minimum absolute atomic E-state index is 0.112. The SMILES string of the molecule is COCCn1ncc(Cl)c1C(=O)C1CN(C(C)C)CCO1. The fraction of sp³-hybridized carbons (Fsp3) is 0.714. The Labute approximate surface area is 129 Å². The van der Waals surface area contributed by atoms with Crippen LogP contribution in [0.25, 0.3) is 0 Å². The lowest BCUT2D eigenvalue weighted by Crippen LogP contribution is -2.49. The molecule has 21 heavy (non-hydrogen) atoms. The molecule has 2 rings (SSSR count).